The number of amides is 2. The van der Waals surface area contributed by atoms with Crippen molar-refractivity contribution in [2.45, 2.75) is 26.3 Å². The predicted octanol–water partition coefficient (Wildman–Crippen LogP) is 5.25. The Kier molecular flexibility index (Phi) is 7.94. The second-order valence-electron chi connectivity index (χ2n) is 9.17. The fraction of sp³-hybridized carbons (Fsp3) is 0.333. The van der Waals surface area contributed by atoms with Crippen molar-refractivity contribution in [1.82, 2.24) is 24.6 Å². The third kappa shape index (κ3) is 5.24. The number of carbonyl (C=O) groups is 2. The van der Waals surface area contributed by atoms with Crippen LogP contribution in [0, 0.1) is 0 Å². The van der Waals surface area contributed by atoms with Gasteiger partial charge in [0.1, 0.15) is 0 Å². The molecule has 0 radical (unpaired) electrons. The number of rotatable bonds is 4. The lowest BCUT2D eigenvalue weighted by molar-refractivity contribution is 0.0412. The molecule has 3 heterocycles. The van der Waals surface area contributed by atoms with Crippen LogP contribution in [0.1, 0.15) is 30.6 Å². The molecule has 1 aliphatic rings. The molecule has 2 aromatic carbocycles. The van der Waals surface area contributed by atoms with Crippen molar-refractivity contribution in [2.75, 3.05) is 26.2 Å². The first kappa shape index (κ1) is 26.8. The van der Waals surface area contributed by atoms with Gasteiger partial charge >= 0.3 is 6.09 Å². The van der Waals surface area contributed by atoms with Gasteiger partial charge in [0.05, 0.1) is 34.6 Å². The third-order valence-corrected chi connectivity index (χ3v) is 6.94. The second kappa shape index (κ2) is 11.0. The van der Waals surface area contributed by atoms with Crippen molar-refractivity contribution in [2.24, 2.45) is 7.05 Å². The molecule has 10 heteroatoms. The number of pyridine rings is 1. The maximum absolute atomic E-state index is 13.3. The van der Waals surface area contributed by atoms with Gasteiger partial charge < -0.3 is 14.5 Å². The first-order chi connectivity index (χ1) is 17.4. The Morgan fingerprint density at radius 2 is 1.95 bits per heavy atom. The molecule has 2 aromatic heterocycles. The predicted molar refractivity (Wildman–Crippen MR) is 151 cm³/mol. The molecule has 1 saturated heterocycles. The maximum atomic E-state index is 13.3. The van der Waals surface area contributed by atoms with E-state index >= 15 is 0 Å². The molecular weight excluding hydrogens is 510 g/mol. The molecule has 194 valence electrons. The van der Waals surface area contributed by atoms with Crippen LogP contribution in [0.3, 0.4) is 0 Å². The Hall–Kier alpha value is -3.30. The molecule has 37 heavy (non-hydrogen) atoms. The van der Waals surface area contributed by atoms with Crippen molar-refractivity contribution in [3.05, 3.63) is 59.2 Å². The number of piperazine rings is 1. The van der Waals surface area contributed by atoms with E-state index in [1.54, 1.807) is 21.9 Å². The van der Waals surface area contributed by atoms with Crippen LogP contribution in [-0.4, -0.2) is 68.8 Å². The average molecular weight is 540 g/mol. The first-order valence-electron chi connectivity index (χ1n) is 12.1. The van der Waals surface area contributed by atoms with Crippen LogP contribution in [0.5, 0.6) is 0 Å². The summed E-state index contributed by atoms with van der Waals surface area (Å²) in [6.45, 7) is 5.61. The van der Waals surface area contributed by atoms with Gasteiger partial charge in [-0.15, -0.1) is 0 Å². The molecule has 1 atom stereocenters. The molecule has 8 nitrogen and oxygen atoms in total. The molecule has 0 bridgehead atoms. The smallest absolute Gasteiger partial charge is 0.410 e. The summed E-state index contributed by atoms with van der Waals surface area (Å²) in [5.74, 6) is -0.0922. The van der Waals surface area contributed by atoms with Gasteiger partial charge in [0, 0.05) is 54.6 Å². The zero-order valence-electron chi connectivity index (χ0n) is 21.1. The summed E-state index contributed by atoms with van der Waals surface area (Å²) < 4.78 is 7.10. The van der Waals surface area contributed by atoms with Crippen molar-refractivity contribution in [3.63, 3.8) is 0 Å². The zero-order chi connectivity index (χ0) is 25.4. The quantitative estimate of drug-likeness (QED) is 0.354. The highest BCUT2D eigenvalue weighted by Crippen LogP contribution is 2.30. The normalized spacial score (nSPS) is 15.6. The van der Waals surface area contributed by atoms with E-state index in [1.165, 1.54) is 0 Å². The van der Waals surface area contributed by atoms with Gasteiger partial charge in [0.2, 0.25) is 0 Å². The minimum Gasteiger partial charge on any atom is -0.449 e. The van der Waals surface area contributed by atoms with Gasteiger partial charge in [-0.05, 0) is 43.7 Å². The number of halogens is 1. The van der Waals surface area contributed by atoms with Crippen molar-refractivity contribution in [3.8, 4) is 11.3 Å². The van der Waals surface area contributed by atoms with Crippen LogP contribution >= 0.6 is 25.1 Å². The van der Waals surface area contributed by atoms with E-state index in [-0.39, 0.29) is 31.5 Å². The van der Waals surface area contributed by atoms with Crippen LogP contribution in [0.2, 0.25) is 5.02 Å². The van der Waals surface area contributed by atoms with Crippen LogP contribution in [0.25, 0.3) is 33.1 Å². The molecular formula is C27H30ClN5O3S. The molecule has 0 aliphatic carbocycles. The lowest BCUT2D eigenvalue weighted by atomic mass is 10.1. The van der Waals surface area contributed by atoms with E-state index in [0.29, 0.717) is 42.3 Å². The van der Waals surface area contributed by atoms with Gasteiger partial charge in [-0.3, -0.25) is 9.48 Å². The number of aromatic nitrogens is 3. The maximum Gasteiger partial charge on any atom is 0.410 e. The zero-order valence-corrected chi connectivity index (χ0v) is 22.8. The molecule has 0 unspecified atom stereocenters. The van der Waals surface area contributed by atoms with E-state index in [1.807, 2.05) is 62.1 Å². The molecule has 0 saturated carbocycles. The summed E-state index contributed by atoms with van der Waals surface area (Å²) in [5.41, 5.74) is 3.89. The van der Waals surface area contributed by atoms with E-state index in [2.05, 4.69) is 5.10 Å². The fourth-order valence-corrected chi connectivity index (χ4v) is 4.92. The number of fused-ring (bicyclic) bond motifs is 2. The summed E-state index contributed by atoms with van der Waals surface area (Å²) in [6, 6.07) is 13.2. The number of nitrogens with zero attached hydrogens (tertiary/aromatic N) is 5. The average Bonchev–Trinajstić information content (AvgIpc) is 3.26. The monoisotopic (exact) mass is 539 g/mol. The van der Waals surface area contributed by atoms with Crippen molar-refractivity contribution < 1.29 is 14.3 Å². The van der Waals surface area contributed by atoms with Gasteiger partial charge in [0.15, 0.2) is 0 Å². The molecule has 1 fully saturated rings. The van der Waals surface area contributed by atoms with E-state index < -0.39 is 0 Å². The van der Waals surface area contributed by atoms with Crippen LogP contribution < -0.4 is 0 Å². The van der Waals surface area contributed by atoms with Gasteiger partial charge in [0.25, 0.3) is 5.91 Å². The fourth-order valence-electron chi connectivity index (χ4n) is 4.66. The third-order valence-electron chi connectivity index (χ3n) is 6.63. The Bertz CT molecular complexity index is 1470. The van der Waals surface area contributed by atoms with Gasteiger partial charge in [-0.2, -0.15) is 18.6 Å². The summed E-state index contributed by atoms with van der Waals surface area (Å²) in [4.78, 5) is 33.9. The van der Waals surface area contributed by atoms with Gasteiger partial charge in [-0.25, -0.2) is 9.78 Å². The molecule has 4 aromatic rings. The summed E-state index contributed by atoms with van der Waals surface area (Å²) >= 11 is 6.61. The minimum absolute atomic E-state index is 0. The summed E-state index contributed by atoms with van der Waals surface area (Å²) in [6.07, 6.45) is 2.28. The van der Waals surface area contributed by atoms with E-state index in [4.69, 9.17) is 21.3 Å². The minimum atomic E-state index is -0.321. The lowest BCUT2D eigenvalue weighted by Crippen LogP contribution is -2.55. The number of hydrogen-bond acceptors (Lipinski definition) is 5. The Morgan fingerprint density at radius 3 is 2.70 bits per heavy atom. The first-order valence-corrected chi connectivity index (χ1v) is 12.5. The van der Waals surface area contributed by atoms with Crippen LogP contribution in [0.15, 0.2) is 48.7 Å². The lowest BCUT2D eigenvalue weighted by Gasteiger charge is -2.39. The Morgan fingerprint density at radius 1 is 1.14 bits per heavy atom. The summed E-state index contributed by atoms with van der Waals surface area (Å²) in [5, 5.41) is 6.69. The Labute approximate surface area is 227 Å². The highest BCUT2D eigenvalue weighted by molar-refractivity contribution is 7.59. The number of carbonyl (C=O) groups excluding carboxylic acids is 2. The number of benzene rings is 2. The highest BCUT2D eigenvalue weighted by atomic mass is 35.5. The van der Waals surface area contributed by atoms with Crippen molar-refractivity contribution >= 4 is 58.9 Å². The molecule has 0 N–H and O–H groups in total. The topological polar surface area (TPSA) is 80.6 Å². The highest BCUT2D eigenvalue weighted by Gasteiger charge is 2.31. The molecule has 2 amide bonds. The van der Waals surface area contributed by atoms with Gasteiger partial charge in [-0.1, -0.05) is 30.7 Å². The largest absolute Gasteiger partial charge is 0.449 e. The van der Waals surface area contributed by atoms with Crippen LogP contribution in [0.4, 0.5) is 4.79 Å². The van der Waals surface area contributed by atoms with E-state index in [9.17, 15) is 9.59 Å². The van der Waals surface area contributed by atoms with E-state index in [0.717, 1.165) is 34.0 Å². The molecule has 0 spiro atoms. The second-order valence-corrected chi connectivity index (χ2v) is 9.58. The molecule has 1 aliphatic heterocycles. The molecule has 5 rings (SSSR count). The standard InChI is InChI=1S/C27H28ClN5O3.H2S/c1-4-11-36-27(35)33-10-9-32(16-17(33)2)26(34)19-5-7-21-22(28)14-23(30-24(21)13-19)18-6-8-25-20(12-18)15-29-31(25)3;/h5-8,12-15,17H,4,9-11,16H2,1-3H3;1H2/t17-;/m0./s1. The summed E-state index contributed by atoms with van der Waals surface area (Å²) in [7, 11) is 1.91. The SMILES string of the molecule is CCCOC(=O)N1CCN(C(=O)c2ccc3c(Cl)cc(-c4ccc5c(cnn5C)c4)nc3c2)C[C@@H]1C.S. The Balaban J connectivity index is 0.00000320. The number of hydrogen-bond donors (Lipinski definition) is 0. The van der Waals surface area contributed by atoms with Crippen LogP contribution in [-0.2, 0) is 11.8 Å². The number of ether oxygens (including phenoxy) is 1. The number of aryl methyl sites for hydroxylation is 1. The van der Waals surface area contributed by atoms with Crippen molar-refractivity contribution in [1.29, 1.82) is 0 Å².